The Hall–Kier alpha value is -2.68. The van der Waals surface area contributed by atoms with E-state index < -0.39 is 24.4 Å². The lowest BCUT2D eigenvalue weighted by Gasteiger charge is -2.08. The molecule has 1 aliphatic rings. The number of esters is 1. The van der Waals surface area contributed by atoms with E-state index in [0.717, 1.165) is 29.7 Å². The minimum absolute atomic E-state index is 0.0699. The van der Waals surface area contributed by atoms with Crippen molar-refractivity contribution in [3.63, 3.8) is 0 Å². The van der Waals surface area contributed by atoms with E-state index in [1.807, 2.05) is 13.8 Å². The number of anilines is 1. The molecule has 1 aliphatic carbocycles. The lowest BCUT2D eigenvalue weighted by atomic mass is 10.1. The van der Waals surface area contributed by atoms with Crippen LogP contribution in [0.25, 0.3) is 0 Å². The molecule has 0 atom stereocenters. The highest BCUT2D eigenvalue weighted by atomic mass is 32.1. The molecular formula is C17H20N4O4S. The SMILES string of the molecule is CC(C)c1[nH]ncc1C(=O)OCC(=O)Nc1sc2c(c1C(N)=O)CCC2. The van der Waals surface area contributed by atoms with Gasteiger partial charge in [0.25, 0.3) is 11.8 Å². The number of rotatable bonds is 6. The van der Waals surface area contributed by atoms with Crippen molar-refractivity contribution in [2.45, 2.75) is 39.0 Å². The first-order valence-electron chi connectivity index (χ1n) is 8.33. The largest absolute Gasteiger partial charge is 0.452 e. The number of aromatic nitrogens is 2. The fourth-order valence-corrected chi connectivity index (χ4v) is 4.33. The second kappa shape index (κ2) is 7.28. The second-order valence-electron chi connectivity index (χ2n) is 6.40. The fraction of sp³-hybridized carbons (Fsp3) is 0.412. The molecule has 0 aromatic carbocycles. The van der Waals surface area contributed by atoms with Crippen LogP contribution < -0.4 is 11.1 Å². The van der Waals surface area contributed by atoms with Crippen LogP contribution in [0.2, 0.25) is 0 Å². The monoisotopic (exact) mass is 376 g/mol. The molecule has 0 aliphatic heterocycles. The van der Waals surface area contributed by atoms with E-state index in [1.54, 1.807) is 0 Å². The minimum Gasteiger partial charge on any atom is -0.452 e. The number of hydrogen-bond acceptors (Lipinski definition) is 6. The lowest BCUT2D eigenvalue weighted by Crippen LogP contribution is -2.23. The molecule has 0 bridgehead atoms. The number of aromatic amines is 1. The van der Waals surface area contributed by atoms with Crippen LogP contribution in [0.1, 0.15) is 63.0 Å². The summed E-state index contributed by atoms with van der Waals surface area (Å²) in [6, 6.07) is 0. The van der Waals surface area contributed by atoms with Crippen molar-refractivity contribution < 1.29 is 19.1 Å². The van der Waals surface area contributed by atoms with Gasteiger partial charge < -0.3 is 15.8 Å². The third-order valence-corrected chi connectivity index (χ3v) is 5.43. The van der Waals surface area contributed by atoms with Crippen LogP contribution in [0.4, 0.5) is 5.00 Å². The number of nitrogens with one attached hydrogen (secondary N) is 2. The van der Waals surface area contributed by atoms with Crippen LogP contribution in [0.5, 0.6) is 0 Å². The van der Waals surface area contributed by atoms with Gasteiger partial charge in [-0.3, -0.25) is 14.7 Å². The molecule has 2 heterocycles. The summed E-state index contributed by atoms with van der Waals surface area (Å²) < 4.78 is 5.07. The molecule has 0 fully saturated rings. The first-order valence-corrected chi connectivity index (χ1v) is 9.14. The van der Waals surface area contributed by atoms with Crippen LogP contribution in [-0.2, 0) is 22.4 Å². The summed E-state index contributed by atoms with van der Waals surface area (Å²) in [4.78, 5) is 37.1. The zero-order chi connectivity index (χ0) is 18.8. The standard InChI is InChI=1S/C17H20N4O4S/c1-8(2)14-10(6-19-21-14)17(24)25-7-12(22)20-16-13(15(18)23)9-4-3-5-11(9)26-16/h6,8H,3-5,7H2,1-2H3,(H2,18,23)(H,19,21)(H,20,22). The van der Waals surface area contributed by atoms with Gasteiger partial charge in [0, 0.05) is 4.88 Å². The van der Waals surface area contributed by atoms with Gasteiger partial charge in [-0.15, -0.1) is 11.3 Å². The molecule has 3 rings (SSSR count). The van der Waals surface area contributed by atoms with Crippen molar-refractivity contribution in [2.24, 2.45) is 5.73 Å². The zero-order valence-electron chi connectivity index (χ0n) is 14.5. The number of hydrogen-bond donors (Lipinski definition) is 3. The predicted molar refractivity (Wildman–Crippen MR) is 96.5 cm³/mol. The summed E-state index contributed by atoms with van der Waals surface area (Å²) in [5, 5.41) is 9.66. The number of thiophene rings is 1. The van der Waals surface area contributed by atoms with Crippen molar-refractivity contribution >= 4 is 34.1 Å². The van der Waals surface area contributed by atoms with Crippen molar-refractivity contribution in [3.8, 4) is 0 Å². The number of aryl methyl sites for hydroxylation is 1. The van der Waals surface area contributed by atoms with E-state index in [4.69, 9.17) is 10.5 Å². The second-order valence-corrected chi connectivity index (χ2v) is 7.51. The molecule has 0 saturated carbocycles. The molecule has 138 valence electrons. The Morgan fingerprint density at radius 3 is 2.85 bits per heavy atom. The Labute approximate surface area is 154 Å². The Bertz CT molecular complexity index is 868. The first-order chi connectivity index (χ1) is 12.4. The van der Waals surface area contributed by atoms with Gasteiger partial charge in [0.15, 0.2) is 6.61 Å². The number of primary amides is 1. The van der Waals surface area contributed by atoms with Gasteiger partial charge in [-0.2, -0.15) is 5.10 Å². The van der Waals surface area contributed by atoms with E-state index in [0.29, 0.717) is 21.8 Å². The Morgan fingerprint density at radius 2 is 2.15 bits per heavy atom. The van der Waals surface area contributed by atoms with Crippen molar-refractivity contribution in [3.05, 3.63) is 33.5 Å². The molecule has 2 amide bonds. The molecule has 0 radical (unpaired) electrons. The Balaban J connectivity index is 1.64. The maximum Gasteiger partial charge on any atom is 0.342 e. The summed E-state index contributed by atoms with van der Waals surface area (Å²) >= 11 is 1.36. The lowest BCUT2D eigenvalue weighted by molar-refractivity contribution is -0.119. The van der Waals surface area contributed by atoms with Crippen LogP contribution >= 0.6 is 11.3 Å². The smallest absolute Gasteiger partial charge is 0.342 e. The average molecular weight is 376 g/mol. The maximum absolute atomic E-state index is 12.1. The fourth-order valence-electron chi connectivity index (χ4n) is 3.02. The van der Waals surface area contributed by atoms with E-state index in [-0.39, 0.29) is 5.92 Å². The van der Waals surface area contributed by atoms with Gasteiger partial charge in [-0.25, -0.2) is 4.79 Å². The van der Waals surface area contributed by atoms with Crippen LogP contribution in [-0.4, -0.2) is 34.6 Å². The molecule has 4 N–H and O–H groups in total. The average Bonchev–Trinajstić information content (AvgIpc) is 3.26. The van der Waals surface area contributed by atoms with Gasteiger partial charge in [-0.05, 0) is 30.7 Å². The number of amides is 2. The van der Waals surface area contributed by atoms with E-state index in [1.165, 1.54) is 17.5 Å². The van der Waals surface area contributed by atoms with Gasteiger partial charge in [0.1, 0.15) is 10.6 Å². The van der Waals surface area contributed by atoms with Gasteiger partial charge >= 0.3 is 5.97 Å². The van der Waals surface area contributed by atoms with Crippen molar-refractivity contribution in [2.75, 3.05) is 11.9 Å². The summed E-state index contributed by atoms with van der Waals surface area (Å²) in [6.07, 6.45) is 4.03. The molecule has 2 aromatic heterocycles. The first kappa shape index (κ1) is 18.1. The molecule has 0 saturated heterocycles. The van der Waals surface area contributed by atoms with Crippen molar-refractivity contribution in [1.82, 2.24) is 10.2 Å². The Morgan fingerprint density at radius 1 is 1.38 bits per heavy atom. The van der Waals surface area contributed by atoms with Crippen LogP contribution in [0.15, 0.2) is 6.20 Å². The van der Waals surface area contributed by atoms with Gasteiger partial charge in [-0.1, -0.05) is 13.8 Å². The topological polar surface area (TPSA) is 127 Å². The van der Waals surface area contributed by atoms with Gasteiger partial charge in [0.05, 0.1) is 17.5 Å². The van der Waals surface area contributed by atoms with Crippen LogP contribution in [0, 0.1) is 0 Å². The number of nitrogens with two attached hydrogens (primary N) is 1. The molecule has 0 unspecified atom stereocenters. The molecular weight excluding hydrogens is 356 g/mol. The quantitative estimate of drug-likeness (QED) is 0.664. The molecule has 2 aromatic rings. The van der Waals surface area contributed by atoms with E-state index in [2.05, 4.69) is 15.5 Å². The highest BCUT2D eigenvalue weighted by Crippen LogP contribution is 2.38. The minimum atomic E-state index is -0.624. The maximum atomic E-state index is 12.1. The number of fused-ring (bicyclic) bond motifs is 1. The van der Waals surface area contributed by atoms with E-state index >= 15 is 0 Å². The molecule has 0 spiro atoms. The highest BCUT2D eigenvalue weighted by molar-refractivity contribution is 7.17. The predicted octanol–water partition coefficient (Wildman–Crippen LogP) is 1.98. The molecule has 9 heteroatoms. The number of H-pyrrole nitrogens is 1. The number of nitrogens with zero attached hydrogens (tertiary/aromatic N) is 1. The molecule has 26 heavy (non-hydrogen) atoms. The summed E-state index contributed by atoms with van der Waals surface area (Å²) in [5.74, 6) is -1.63. The summed E-state index contributed by atoms with van der Waals surface area (Å²) in [6.45, 7) is 3.37. The van der Waals surface area contributed by atoms with Crippen molar-refractivity contribution in [1.29, 1.82) is 0 Å². The van der Waals surface area contributed by atoms with E-state index in [9.17, 15) is 14.4 Å². The van der Waals surface area contributed by atoms with Gasteiger partial charge in [0.2, 0.25) is 0 Å². The zero-order valence-corrected chi connectivity index (χ0v) is 15.4. The third kappa shape index (κ3) is 3.48. The summed E-state index contributed by atoms with van der Waals surface area (Å²) in [5.41, 5.74) is 7.72. The summed E-state index contributed by atoms with van der Waals surface area (Å²) in [7, 11) is 0. The number of carbonyl (C=O) groups is 3. The number of carbonyl (C=O) groups excluding carboxylic acids is 3. The number of ether oxygens (including phenoxy) is 1. The normalized spacial score (nSPS) is 12.9. The Kier molecular flexibility index (Phi) is 5.08. The highest BCUT2D eigenvalue weighted by Gasteiger charge is 2.26. The van der Waals surface area contributed by atoms with Crippen LogP contribution in [0.3, 0.4) is 0 Å². The molecule has 8 nitrogen and oxygen atoms in total. The third-order valence-electron chi connectivity index (χ3n) is 4.22.